The fraction of sp³-hybridized carbons (Fsp3) is 0.222. The van der Waals surface area contributed by atoms with Crippen LogP contribution in [0, 0.1) is 0 Å². The molecule has 1 atom stereocenters. The van der Waals surface area contributed by atoms with Crippen LogP contribution in [0.1, 0.15) is 5.56 Å². The SMILES string of the molecule is COc1cc(NC(=O)C(Cc2ccccc2)NC(=O)N2CCn3c2nc2ccccc23)cc(OC)c1. The Morgan fingerprint density at radius 2 is 1.64 bits per heavy atom. The summed E-state index contributed by atoms with van der Waals surface area (Å²) in [7, 11) is 3.09. The van der Waals surface area contributed by atoms with E-state index in [4.69, 9.17) is 9.47 Å². The molecule has 0 radical (unpaired) electrons. The number of hydrogen-bond donors (Lipinski definition) is 2. The van der Waals surface area contributed by atoms with Crippen molar-refractivity contribution in [3.63, 3.8) is 0 Å². The van der Waals surface area contributed by atoms with Crippen LogP contribution in [0.2, 0.25) is 0 Å². The summed E-state index contributed by atoms with van der Waals surface area (Å²) in [6.07, 6.45) is 0.323. The molecule has 0 saturated heterocycles. The molecule has 0 saturated carbocycles. The van der Waals surface area contributed by atoms with Crippen molar-refractivity contribution in [1.29, 1.82) is 0 Å². The number of aromatic nitrogens is 2. The molecule has 1 aliphatic heterocycles. The highest BCUT2D eigenvalue weighted by atomic mass is 16.5. The summed E-state index contributed by atoms with van der Waals surface area (Å²) >= 11 is 0. The van der Waals surface area contributed by atoms with Gasteiger partial charge in [0.1, 0.15) is 17.5 Å². The number of carbonyl (C=O) groups excluding carboxylic acids is 2. The van der Waals surface area contributed by atoms with Crippen LogP contribution in [0.4, 0.5) is 16.4 Å². The number of nitrogens with one attached hydrogen (secondary N) is 2. The number of methoxy groups -OCH3 is 2. The normalized spacial score (nSPS) is 13.2. The van der Waals surface area contributed by atoms with Crippen molar-refractivity contribution >= 4 is 34.6 Å². The third kappa shape index (κ3) is 4.68. The van der Waals surface area contributed by atoms with Gasteiger partial charge in [-0.3, -0.25) is 9.69 Å². The van der Waals surface area contributed by atoms with Gasteiger partial charge in [-0.25, -0.2) is 9.78 Å². The number of amides is 3. The summed E-state index contributed by atoms with van der Waals surface area (Å²) in [5.41, 5.74) is 3.24. The molecule has 184 valence electrons. The minimum Gasteiger partial charge on any atom is -0.497 e. The number of urea groups is 1. The minimum atomic E-state index is -0.824. The van der Waals surface area contributed by atoms with Gasteiger partial charge in [0.2, 0.25) is 11.9 Å². The number of carbonyl (C=O) groups is 2. The first kappa shape index (κ1) is 23.2. The van der Waals surface area contributed by atoms with Gasteiger partial charge in [0.25, 0.3) is 0 Å². The second kappa shape index (κ2) is 9.99. The molecule has 0 fully saturated rings. The van der Waals surface area contributed by atoms with E-state index in [1.165, 1.54) is 0 Å². The number of anilines is 2. The van der Waals surface area contributed by atoms with E-state index in [1.54, 1.807) is 37.3 Å². The van der Waals surface area contributed by atoms with E-state index >= 15 is 0 Å². The zero-order valence-electron chi connectivity index (χ0n) is 20.1. The zero-order valence-corrected chi connectivity index (χ0v) is 20.1. The first-order valence-corrected chi connectivity index (χ1v) is 11.7. The van der Waals surface area contributed by atoms with Crippen LogP contribution in [-0.4, -0.2) is 48.3 Å². The van der Waals surface area contributed by atoms with E-state index in [-0.39, 0.29) is 11.9 Å². The maximum atomic E-state index is 13.4. The molecule has 9 nitrogen and oxygen atoms in total. The standard InChI is InChI=1S/C27H27N5O4/c1-35-20-15-19(16-21(17-20)36-2)28-25(33)23(14-18-8-4-3-5-9-18)30-27(34)32-13-12-31-24-11-7-6-10-22(24)29-26(31)32/h3-11,15-17,23H,12-14H2,1-2H3,(H,28,33)(H,30,34). The van der Waals surface area contributed by atoms with Crippen molar-refractivity contribution in [2.45, 2.75) is 19.0 Å². The lowest BCUT2D eigenvalue weighted by molar-refractivity contribution is -0.117. The molecule has 36 heavy (non-hydrogen) atoms. The van der Waals surface area contributed by atoms with Gasteiger partial charge in [0.15, 0.2) is 0 Å². The highest BCUT2D eigenvalue weighted by Crippen LogP contribution is 2.28. The smallest absolute Gasteiger partial charge is 0.324 e. The highest BCUT2D eigenvalue weighted by molar-refractivity contribution is 6.00. The zero-order chi connectivity index (χ0) is 25.1. The van der Waals surface area contributed by atoms with Crippen molar-refractivity contribution in [3.05, 3.63) is 78.4 Å². The maximum absolute atomic E-state index is 13.4. The number of para-hydroxylation sites is 2. The van der Waals surface area contributed by atoms with Gasteiger partial charge < -0.3 is 24.7 Å². The maximum Gasteiger partial charge on any atom is 0.324 e. The van der Waals surface area contributed by atoms with Gasteiger partial charge in [-0.15, -0.1) is 0 Å². The Labute approximate surface area is 208 Å². The van der Waals surface area contributed by atoms with Crippen LogP contribution in [-0.2, 0) is 17.8 Å². The largest absolute Gasteiger partial charge is 0.497 e. The van der Waals surface area contributed by atoms with Crippen molar-refractivity contribution in [2.75, 3.05) is 31.0 Å². The molecule has 1 aromatic heterocycles. The monoisotopic (exact) mass is 485 g/mol. The van der Waals surface area contributed by atoms with E-state index in [0.717, 1.165) is 16.6 Å². The summed E-state index contributed by atoms with van der Waals surface area (Å²) in [6.45, 7) is 1.12. The molecule has 0 bridgehead atoms. The van der Waals surface area contributed by atoms with Crippen LogP contribution >= 0.6 is 0 Å². The van der Waals surface area contributed by atoms with Crippen LogP contribution in [0.15, 0.2) is 72.8 Å². The Hall–Kier alpha value is -4.53. The van der Waals surface area contributed by atoms with E-state index in [2.05, 4.69) is 15.6 Å². The number of ether oxygens (including phenoxy) is 2. The van der Waals surface area contributed by atoms with Crippen molar-refractivity contribution in [1.82, 2.24) is 14.9 Å². The Balaban J connectivity index is 1.38. The molecule has 9 heteroatoms. The molecular weight excluding hydrogens is 458 g/mol. The van der Waals surface area contributed by atoms with E-state index < -0.39 is 6.04 Å². The molecule has 0 aliphatic carbocycles. The summed E-state index contributed by atoms with van der Waals surface area (Å²) < 4.78 is 12.6. The first-order valence-electron chi connectivity index (χ1n) is 11.7. The van der Waals surface area contributed by atoms with Gasteiger partial charge >= 0.3 is 6.03 Å². The molecular formula is C27H27N5O4. The fourth-order valence-electron chi connectivity index (χ4n) is 4.38. The highest BCUT2D eigenvalue weighted by Gasteiger charge is 2.31. The Morgan fingerprint density at radius 3 is 2.36 bits per heavy atom. The number of fused-ring (bicyclic) bond motifs is 3. The number of imidazole rings is 1. The van der Waals surface area contributed by atoms with Gasteiger partial charge in [0, 0.05) is 43.4 Å². The van der Waals surface area contributed by atoms with Gasteiger partial charge in [-0.2, -0.15) is 0 Å². The number of nitrogens with zero attached hydrogens (tertiary/aromatic N) is 3. The second-order valence-electron chi connectivity index (χ2n) is 8.49. The third-order valence-corrected chi connectivity index (χ3v) is 6.18. The second-order valence-corrected chi connectivity index (χ2v) is 8.49. The van der Waals surface area contributed by atoms with Crippen molar-refractivity contribution in [2.24, 2.45) is 0 Å². The Bertz CT molecular complexity index is 1380. The third-order valence-electron chi connectivity index (χ3n) is 6.18. The van der Waals surface area contributed by atoms with Gasteiger partial charge in [0.05, 0.1) is 25.3 Å². The van der Waals surface area contributed by atoms with Crippen molar-refractivity contribution in [3.8, 4) is 11.5 Å². The molecule has 2 N–H and O–H groups in total. The van der Waals surface area contributed by atoms with Gasteiger partial charge in [-0.05, 0) is 17.7 Å². The van der Waals surface area contributed by atoms with E-state index in [1.807, 2.05) is 59.2 Å². The molecule has 1 aliphatic rings. The topological polar surface area (TPSA) is 97.7 Å². The lowest BCUT2D eigenvalue weighted by Crippen LogP contribution is -2.50. The molecule has 1 unspecified atom stereocenters. The number of rotatable bonds is 7. The fourth-order valence-corrected chi connectivity index (χ4v) is 4.38. The molecule has 5 rings (SSSR count). The Kier molecular flexibility index (Phi) is 6.44. The Morgan fingerprint density at radius 1 is 0.944 bits per heavy atom. The van der Waals surface area contributed by atoms with Crippen LogP contribution in [0.25, 0.3) is 11.0 Å². The van der Waals surface area contributed by atoms with Crippen LogP contribution < -0.4 is 25.0 Å². The molecule has 2 heterocycles. The van der Waals surface area contributed by atoms with E-state index in [9.17, 15) is 9.59 Å². The molecule has 3 amide bonds. The molecule has 0 spiro atoms. The van der Waals surface area contributed by atoms with Crippen molar-refractivity contribution < 1.29 is 19.1 Å². The summed E-state index contributed by atoms with van der Waals surface area (Å²) in [5.74, 6) is 1.31. The molecule has 3 aromatic carbocycles. The lowest BCUT2D eigenvalue weighted by atomic mass is 10.1. The average molecular weight is 486 g/mol. The quantitative estimate of drug-likeness (QED) is 0.415. The average Bonchev–Trinajstić information content (AvgIpc) is 3.48. The van der Waals surface area contributed by atoms with E-state index in [0.29, 0.717) is 42.6 Å². The lowest BCUT2D eigenvalue weighted by Gasteiger charge is -2.22. The summed E-state index contributed by atoms with van der Waals surface area (Å²) in [6, 6.07) is 21.3. The predicted octanol–water partition coefficient (Wildman–Crippen LogP) is 3.83. The summed E-state index contributed by atoms with van der Waals surface area (Å²) in [4.78, 5) is 33.0. The first-order chi connectivity index (χ1) is 17.6. The summed E-state index contributed by atoms with van der Waals surface area (Å²) in [5, 5.41) is 5.82. The number of hydrogen-bond acceptors (Lipinski definition) is 5. The predicted molar refractivity (Wildman–Crippen MR) is 138 cm³/mol. The van der Waals surface area contributed by atoms with Crippen LogP contribution in [0.5, 0.6) is 11.5 Å². The van der Waals surface area contributed by atoms with Gasteiger partial charge in [-0.1, -0.05) is 42.5 Å². The molecule has 4 aromatic rings. The number of benzene rings is 3. The van der Waals surface area contributed by atoms with Crippen LogP contribution in [0.3, 0.4) is 0 Å². The minimum absolute atomic E-state index is 0.323.